The molecule has 0 bridgehead atoms. The zero-order valence-electron chi connectivity index (χ0n) is 48.1. The van der Waals surface area contributed by atoms with Gasteiger partial charge in [-0.15, -0.1) is 0 Å². The van der Waals surface area contributed by atoms with Crippen molar-refractivity contribution in [3.63, 3.8) is 0 Å². The average molecular weight is 1220 g/mol. The molecule has 0 amide bonds. The number of benzene rings is 5. The van der Waals surface area contributed by atoms with Crippen LogP contribution in [0.1, 0.15) is 121 Å². The number of nitro benzene ring substituents is 4. The van der Waals surface area contributed by atoms with Crippen molar-refractivity contribution in [2.45, 2.75) is 129 Å². The second kappa shape index (κ2) is 26.4. The summed E-state index contributed by atoms with van der Waals surface area (Å²) in [5, 5.41) is 47.3. The number of H-pyrrole nitrogens is 5. The zero-order chi connectivity index (χ0) is 60.3. The fourth-order valence-corrected chi connectivity index (χ4v) is 7.76. The molecule has 5 heterocycles. The van der Waals surface area contributed by atoms with Gasteiger partial charge in [-0.05, 0) is 92.2 Å². The van der Waals surface area contributed by atoms with Gasteiger partial charge in [-0.1, -0.05) is 142 Å². The van der Waals surface area contributed by atoms with E-state index in [0.717, 1.165) is 54.8 Å². The van der Waals surface area contributed by atoms with Crippen LogP contribution in [0.2, 0.25) is 0 Å². The molecule has 10 aromatic rings. The number of nitrogens with zero attached hydrogens (tertiary/aromatic N) is 4. The van der Waals surface area contributed by atoms with Crippen molar-refractivity contribution in [1.82, 2.24) is 24.9 Å². The monoisotopic (exact) mass is 1220 g/mol. The zero-order valence-corrected chi connectivity index (χ0v) is 51.3. The van der Waals surface area contributed by atoms with Crippen LogP contribution < -0.4 is 5.73 Å². The van der Waals surface area contributed by atoms with E-state index in [4.69, 9.17) is 5.73 Å². The Kier molecular flexibility index (Phi) is 21.4. The summed E-state index contributed by atoms with van der Waals surface area (Å²) in [6.07, 6.45) is 9.44. The molecule has 80 heavy (non-hydrogen) atoms. The number of hydrogen-bond acceptors (Lipinski definition) is 9. The normalized spacial score (nSPS) is 11.5. The van der Waals surface area contributed by atoms with Gasteiger partial charge in [-0.2, -0.15) is 0 Å². The highest BCUT2D eigenvalue weighted by Crippen LogP contribution is 2.34. The Hall–Kier alpha value is -7.84. The first kappa shape index (κ1) is 64.7. The number of rotatable bonds is 4. The third kappa shape index (κ3) is 19.8. The highest BCUT2D eigenvalue weighted by molar-refractivity contribution is 9.10. The van der Waals surface area contributed by atoms with E-state index in [1.807, 2.05) is 48.8 Å². The van der Waals surface area contributed by atoms with Crippen molar-refractivity contribution in [2.75, 3.05) is 5.73 Å². The van der Waals surface area contributed by atoms with E-state index < -0.39 is 9.85 Å². The third-order valence-electron chi connectivity index (χ3n) is 11.4. The smallest absolute Gasteiger partial charge is 0.271 e. The van der Waals surface area contributed by atoms with Crippen LogP contribution in [-0.2, 0) is 16.2 Å². The molecule has 0 atom stereocenters. The number of nitro groups is 4. The van der Waals surface area contributed by atoms with Gasteiger partial charge in [-0.25, -0.2) is 0 Å². The van der Waals surface area contributed by atoms with Gasteiger partial charge in [0.15, 0.2) is 0 Å². The highest BCUT2D eigenvalue weighted by atomic mass is 79.9. The van der Waals surface area contributed by atoms with Crippen LogP contribution in [-0.4, -0.2) is 53.3 Å². The van der Waals surface area contributed by atoms with E-state index in [0.29, 0.717) is 8.65 Å². The second-order valence-electron chi connectivity index (χ2n) is 23.8. The molecule has 0 fully saturated rings. The molecule has 0 radical (unpaired) electrons. The number of aromatic nitrogens is 5. The molecule has 426 valence electrons. The molecule has 5 aromatic heterocycles. The van der Waals surface area contributed by atoms with E-state index in [1.54, 1.807) is 48.8 Å². The summed E-state index contributed by atoms with van der Waals surface area (Å²) in [7, 11) is 0. The maximum atomic E-state index is 10.6. The number of non-ortho nitro benzene ring substituents is 4. The van der Waals surface area contributed by atoms with Crippen LogP contribution >= 0.6 is 31.9 Å². The van der Waals surface area contributed by atoms with Gasteiger partial charge >= 0.3 is 0 Å². The molecule has 0 spiro atoms. The lowest BCUT2D eigenvalue weighted by atomic mass is 9.87. The molecule has 18 nitrogen and oxygen atoms in total. The number of nitrogens with one attached hydrogen (secondary N) is 5. The summed E-state index contributed by atoms with van der Waals surface area (Å²) in [4.78, 5) is 55.7. The summed E-state index contributed by atoms with van der Waals surface area (Å²) in [5.41, 5.74) is 15.3. The first-order chi connectivity index (χ1) is 36.8. The minimum absolute atomic E-state index is 0.0361. The summed E-state index contributed by atoms with van der Waals surface area (Å²) in [5.74, 6) is 0. The van der Waals surface area contributed by atoms with Gasteiger partial charge in [0, 0.05) is 116 Å². The lowest BCUT2D eigenvalue weighted by Crippen LogP contribution is -2.09. The Bertz CT molecular complexity index is 3510. The van der Waals surface area contributed by atoms with Crippen LogP contribution in [0.15, 0.2) is 134 Å². The lowest BCUT2D eigenvalue weighted by Gasteiger charge is -2.17. The molecule has 20 heteroatoms. The Balaban J connectivity index is 0.000000207. The molecular formula is C60H74Br2N10O8. The van der Waals surface area contributed by atoms with E-state index in [-0.39, 0.29) is 48.8 Å². The molecule has 10 rings (SSSR count). The Morgan fingerprint density at radius 3 is 0.887 bits per heavy atom. The van der Waals surface area contributed by atoms with E-state index in [1.165, 1.54) is 46.3 Å². The number of nitrogen functional groups attached to an aromatic ring is 1. The summed E-state index contributed by atoms with van der Waals surface area (Å²) < 4.78 is 0.625. The van der Waals surface area contributed by atoms with Gasteiger partial charge in [0.05, 0.1) is 41.8 Å². The predicted octanol–water partition coefficient (Wildman–Crippen LogP) is 18.3. The maximum absolute atomic E-state index is 10.6. The lowest BCUT2D eigenvalue weighted by molar-refractivity contribution is -0.384. The standard InChI is InChI=1S/2C12H14N2O2.C12H16N2.2C8H6N2O2.2C4H9Br/c2*1-12(2,3)10-7-13-11-6-8(14(15)16)4-5-9(10)11;1-12(2,3)10-7-14-11-6-8(13)4-5-9(10)11;2*11-10(12)7-2-1-6-3-4-9-8(6)5-7;2*1-4(2,3)5/h2*4-7,13H,1-3H3;4-7,14H,13H2,1-3H3;2*1-5,9H;2*1-3H3. The molecule has 0 saturated carbocycles. The average Bonchev–Trinajstić information content (AvgIpc) is 4.20. The molecule has 7 N–H and O–H groups in total. The van der Waals surface area contributed by atoms with Crippen LogP contribution in [0.3, 0.4) is 0 Å². The highest BCUT2D eigenvalue weighted by Gasteiger charge is 2.21. The van der Waals surface area contributed by atoms with Crippen molar-refractivity contribution in [3.8, 4) is 0 Å². The minimum atomic E-state index is -0.402. The fraction of sp³-hybridized carbons (Fsp3) is 0.333. The van der Waals surface area contributed by atoms with E-state index >= 15 is 0 Å². The van der Waals surface area contributed by atoms with Gasteiger partial charge < -0.3 is 30.7 Å². The maximum Gasteiger partial charge on any atom is 0.271 e. The molecular weight excluding hydrogens is 1150 g/mol. The number of aromatic amines is 5. The van der Waals surface area contributed by atoms with E-state index in [2.05, 4.69) is 173 Å². The topological polar surface area (TPSA) is 278 Å². The number of nitrogens with two attached hydrogens (primary N) is 1. The quantitative estimate of drug-likeness (QED) is 0.0422. The van der Waals surface area contributed by atoms with Crippen molar-refractivity contribution in [1.29, 1.82) is 0 Å². The molecule has 0 saturated heterocycles. The van der Waals surface area contributed by atoms with Crippen LogP contribution in [0.4, 0.5) is 28.4 Å². The molecule has 0 aliphatic heterocycles. The minimum Gasteiger partial charge on any atom is -0.399 e. The Morgan fingerprint density at radius 1 is 0.362 bits per heavy atom. The fourth-order valence-electron chi connectivity index (χ4n) is 7.76. The van der Waals surface area contributed by atoms with Gasteiger partial charge in [-0.3, -0.25) is 40.5 Å². The number of halogens is 2. The SMILES string of the molecule is CC(C)(C)Br.CC(C)(C)Br.CC(C)(C)c1c[nH]c2cc(N)ccc12.CC(C)(C)c1c[nH]c2cc([N+](=O)[O-])ccc12.CC(C)(C)c1c[nH]c2cc([N+](=O)[O-])ccc12.O=[N+]([O-])c1ccc2cc[nH]c2c1.O=[N+]([O-])c1ccc2cc[nH]c2c1. The van der Waals surface area contributed by atoms with Crippen molar-refractivity contribution in [2.24, 2.45) is 0 Å². The third-order valence-corrected chi connectivity index (χ3v) is 11.4. The van der Waals surface area contributed by atoms with E-state index in [9.17, 15) is 40.5 Å². The summed E-state index contributed by atoms with van der Waals surface area (Å²) in [6.45, 7) is 32.0. The van der Waals surface area contributed by atoms with Crippen molar-refractivity contribution in [3.05, 3.63) is 191 Å². The summed E-state index contributed by atoms with van der Waals surface area (Å²) in [6, 6.07) is 29.1. The Labute approximate surface area is 482 Å². The Morgan fingerprint density at radius 2 is 0.613 bits per heavy atom. The summed E-state index contributed by atoms with van der Waals surface area (Å²) >= 11 is 6.75. The largest absolute Gasteiger partial charge is 0.399 e. The molecule has 0 aliphatic carbocycles. The van der Waals surface area contributed by atoms with Crippen LogP contribution in [0.25, 0.3) is 54.5 Å². The number of alkyl halides is 2. The van der Waals surface area contributed by atoms with Crippen LogP contribution in [0.5, 0.6) is 0 Å². The number of fused-ring (bicyclic) bond motifs is 5. The molecule has 5 aromatic carbocycles. The van der Waals surface area contributed by atoms with Crippen LogP contribution in [0, 0.1) is 40.5 Å². The first-order valence-electron chi connectivity index (χ1n) is 25.5. The van der Waals surface area contributed by atoms with Crippen molar-refractivity contribution < 1.29 is 19.7 Å². The molecule has 0 unspecified atom stereocenters. The van der Waals surface area contributed by atoms with Gasteiger partial charge in [0.25, 0.3) is 22.7 Å². The van der Waals surface area contributed by atoms with Crippen molar-refractivity contribution >= 4 is 115 Å². The predicted molar refractivity (Wildman–Crippen MR) is 336 cm³/mol. The van der Waals surface area contributed by atoms with Gasteiger partial charge in [0.1, 0.15) is 0 Å². The number of hydrogen-bond donors (Lipinski definition) is 6. The van der Waals surface area contributed by atoms with Gasteiger partial charge in [0.2, 0.25) is 0 Å². The molecule has 0 aliphatic rings. The second-order valence-corrected chi connectivity index (χ2v) is 28.5. The number of anilines is 1. The first-order valence-corrected chi connectivity index (χ1v) is 27.1.